The van der Waals surface area contributed by atoms with Crippen LogP contribution in [0.2, 0.25) is 0 Å². The average Bonchev–Trinajstić information content (AvgIpc) is 3.49. The number of aromatic nitrogens is 2. The molecule has 0 bridgehead atoms. The molecule has 0 saturated carbocycles. The zero-order valence-electron chi connectivity index (χ0n) is 21.5. The van der Waals surface area contributed by atoms with E-state index >= 15 is 4.39 Å². The van der Waals surface area contributed by atoms with Gasteiger partial charge in [-0.05, 0) is 66.9 Å². The smallest absolute Gasteiger partial charge is 0.214 e. The fourth-order valence-electron chi connectivity index (χ4n) is 5.39. The molecule has 0 aliphatic carbocycles. The highest BCUT2D eigenvalue weighted by Crippen LogP contribution is 2.58. The molecule has 1 saturated heterocycles. The molecular weight excluding hydrogens is 738 g/mol. The molecule has 4 atom stereocenters. The molecular formula is C30H23F2I2N5O. The maximum absolute atomic E-state index is 16.1. The zero-order chi connectivity index (χ0) is 28.7. The lowest BCUT2D eigenvalue weighted by Gasteiger charge is -2.57. The van der Waals surface area contributed by atoms with Crippen molar-refractivity contribution in [3.05, 3.63) is 107 Å². The molecule has 1 aliphatic heterocycles. The highest BCUT2D eigenvalue weighted by Gasteiger charge is 2.59. The van der Waals surface area contributed by atoms with Crippen LogP contribution in [0.3, 0.4) is 0 Å². The van der Waals surface area contributed by atoms with E-state index in [2.05, 4.69) is 66.3 Å². The topological polar surface area (TPSA) is 89.7 Å². The van der Waals surface area contributed by atoms with Crippen molar-refractivity contribution in [3.8, 4) is 23.5 Å². The van der Waals surface area contributed by atoms with Crippen LogP contribution in [0.1, 0.15) is 47.7 Å². The molecule has 5 rings (SSSR count). The molecule has 0 amide bonds. The Morgan fingerprint density at radius 3 is 2.35 bits per heavy atom. The van der Waals surface area contributed by atoms with Crippen molar-refractivity contribution in [1.29, 1.82) is 10.5 Å². The lowest BCUT2D eigenvalue weighted by Crippen LogP contribution is -2.64. The molecule has 202 valence electrons. The number of hydrogen-bond acceptors (Lipinski definition) is 6. The first-order valence-electron chi connectivity index (χ1n) is 12.4. The van der Waals surface area contributed by atoms with Gasteiger partial charge in [-0.1, -0.05) is 80.7 Å². The van der Waals surface area contributed by atoms with E-state index in [1.807, 2.05) is 42.5 Å². The Labute approximate surface area is 258 Å². The molecule has 1 aliphatic rings. The van der Waals surface area contributed by atoms with E-state index in [4.69, 9.17) is 4.52 Å². The second-order valence-corrected chi connectivity index (χ2v) is 13.2. The molecule has 1 aromatic heterocycles. The van der Waals surface area contributed by atoms with Crippen molar-refractivity contribution in [1.82, 2.24) is 15.0 Å². The van der Waals surface area contributed by atoms with Crippen molar-refractivity contribution in [3.63, 3.8) is 0 Å². The van der Waals surface area contributed by atoms with Crippen LogP contribution in [0.15, 0.2) is 77.6 Å². The first-order valence-corrected chi connectivity index (χ1v) is 14.7. The maximum Gasteiger partial charge on any atom is 0.214 e. The first kappa shape index (κ1) is 28.6. The molecule has 2 heterocycles. The second kappa shape index (κ2) is 11.1. The number of nitriles is 2. The fourth-order valence-corrected chi connectivity index (χ4v) is 8.25. The summed E-state index contributed by atoms with van der Waals surface area (Å²) >= 11 is 4.47. The third-order valence-corrected chi connectivity index (χ3v) is 11.7. The Bertz CT molecular complexity index is 1610. The molecule has 6 nitrogen and oxygen atoms in total. The lowest BCUT2D eigenvalue weighted by atomic mass is 9.71. The predicted octanol–water partition coefficient (Wildman–Crippen LogP) is 7.48. The normalized spacial score (nSPS) is 19.6. The second-order valence-electron chi connectivity index (χ2n) is 10.2. The van der Waals surface area contributed by atoms with E-state index in [1.165, 1.54) is 26.3 Å². The van der Waals surface area contributed by atoms with Gasteiger partial charge in [0, 0.05) is 18.0 Å². The van der Waals surface area contributed by atoms with Gasteiger partial charge in [-0.25, -0.2) is 8.78 Å². The minimum Gasteiger partial charge on any atom is -0.342 e. The summed E-state index contributed by atoms with van der Waals surface area (Å²) in [7, 11) is 0. The zero-order valence-corrected chi connectivity index (χ0v) is 25.8. The monoisotopic (exact) mass is 761 g/mol. The van der Waals surface area contributed by atoms with Crippen molar-refractivity contribution < 1.29 is 13.3 Å². The molecule has 0 spiro atoms. The minimum absolute atomic E-state index is 0.146. The van der Waals surface area contributed by atoms with Crippen LogP contribution in [0.4, 0.5) is 8.78 Å². The van der Waals surface area contributed by atoms with Crippen LogP contribution in [0.5, 0.6) is 0 Å². The summed E-state index contributed by atoms with van der Waals surface area (Å²) in [5, 5.41) is 22.8. The Hall–Kier alpha value is -2.94. The summed E-state index contributed by atoms with van der Waals surface area (Å²) < 4.78 is 34.4. The Morgan fingerprint density at radius 1 is 1.02 bits per heavy atom. The summed E-state index contributed by atoms with van der Waals surface area (Å²) in [6.45, 7) is 3.53. The van der Waals surface area contributed by atoms with Crippen LogP contribution < -0.4 is 0 Å². The van der Waals surface area contributed by atoms with Crippen molar-refractivity contribution in [2.75, 3.05) is 6.54 Å². The van der Waals surface area contributed by atoms with Crippen LogP contribution in [0, 0.1) is 34.4 Å². The van der Waals surface area contributed by atoms with Gasteiger partial charge in [-0.2, -0.15) is 15.5 Å². The summed E-state index contributed by atoms with van der Waals surface area (Å²) in [6, 6.07) is 23.3. The van der Waals surface area contributed by atoms with Gasteiger partial charge in [-0.3, -0.25) is 4.90 Å². The number of benzene rings is 3. The number of alkyl halides is 3. The molecule has 1 fully saturated rings. The summed E-state index contributed by atoms with van der Waals surface area (Å²) in [6.07, 6.45) is 1.28. The third-order valence-electron chi connectivity index (χ3n) is 7.39. The molecule has 4 aromatic rings. The summed E-state index contributed by atoms with van der Waals surface area (Å²) in [4.78, 5) is 6.45. The summed E-state index contributed by atoms with van der Waals surface area (Å²) in [5.41, 5.74) is 2.19. The minimum atomic E-state index is -1.73. The maximum atomic E-state index is 16.1. The van der Waals surface area contributed by atoms with Gasteiger partial charge in [0.15, 0.2) is 0 Å². The van der Waals surface area contributed by atoms with Gasteiger partial charge in [0.1, 0.15) is 11.5 Å². The highest BCUT2D eigenvalue weighted by molar-refractivity contribution is 14.1. The van der Waals surface area contributed by atoms with Crippen molar-refractivity contribution in [2.45, 2.75) is 33.0 Å². The van der Waals surface area contributed by atoms with Crippen LogP contribution >= 0.6 is 45.2 Å². The van der Waals surface area contributed by atoms with E-state index < -0.39 is 14.9 Å². The molecule has 0 radical (unpaired) electrons. The highest BCUT2D eigenvalue weighted by atomic mass is 127. The fraction of sp³-hybridized carbons (Fsp3) is 0.267. The quantitative estimate of drug-likeness (QED) is 0.110. The third kappa shape index (κ3) is 5.13. The Balaban J connectivity index is 1.56. The van der Waals surface area contributed by atoms with Gasteiger partial charge in [0.2, 0.25) is 12.2 Å². The van der Waals surface area contributed by atoms with Gasteiger partial charge < -0.3 is 4.52 Å². The van der Waals surface area contributed by atoms with Crippen LogP contribution in [-0.4, -0.2) is 31.3 Å². The Morgan fingerprint density at radius 2 is 1.75 bits per heavy atom. The van der Waals surface area contributed by atoms with Crippen LogP contribution in [0.25, 0.3) is 11.4 Å². The number of likely N-dealkylation sites (tertiary alicyclic amines) is 1. The molecule has 10 heteroatoms. The van der Waals surface area contributed by atoms with Crippen LogP contribution in [-0.2, 0) is 3.42 Å². The molecule has 40 heavy (non-hydrogen) atoms. The molecule has 2 unspecified atom stereocenters. The first-order chi connectivity index (χ1) is 19.1. The van der Waals surface area contributed by atoms with Gasteiger partial charge in [-0.15, -0.1) is 0 Å². The van der Waals surface area contributed by atoms with E-state index in [-0.39, 0.29) is 21.6 Å². The van der Waals surface area contributed by atoms with Gasteiger partial charge >= 0.3 is 0 Å². The number of rotatable bonds is 7. The average molecular weight is 761 g/mol. The molecule has 3 aromatic carbocycles. The Kier molecular flexibility index (Phi) is 7.97. The number of nitrogens with zero attached hydrogens (tertiary/aromatic N) is 5. The standard InChI is InChI=1S/C30H23F2I2N5O/c1-29(2,32)30(34,23-10-19(15-36)11-24(31)13-23)25-16-39(27(25)33)26(20-8-6-18(14-35)7-9-20)21-4-3-5-22(12-21)28-37-17-40-38-28/h3-13,17,25-27H,16H2,1-2H3/t25?,26-,27?,30+/m0/s1. The largest absolute Gasteiger partial charge is 0.342 e. The number of hydrogen-bond donors (Lipinski definition) is 0. The van der Waals surface area contributed by atoms with E-state index in [0.717, 1.165) is 22.8 Å². The molecule has 0 N–H and O–H groups in total. The summed E-state index contributed by atoms with van der Waals surface area (Å²) in [5.74, 6) is -0.296. The van der Waals surface area contributed by atoms with E-state index in [0.29, 0.717) is 23.5 Å². The van der Waals surface area contributed by atoms with Gasteiger partial charge in [0.05, 0.1) is 36.8 Å². The van der Waals surface area contributed by atoms with Gasteiger partial charge in [0.25, 0.3) is 0 Å². The van der Waals surface area contributed by atoms with Crippen molar-refractivity contribution >= 4 is 45.2 Å². The lowest BCUT2D eigenvalue weighted by molar-refractivity contribution is -0.00960. The van der Waals surface area contributed by atoms with E-state index in [9.17, 15) is 14.9 Å². The van der Waals surface area contributed by atoms with Crippen molar-refractivity contribution in [2.24, 2.45) is 5.92 Å². The van der Waals surface area contributed by atoms with E-state index in [1.54, 1.807) is 18.2 Å². The predicted molar refractivity (Wildman–Crippen MR) is 163 cm³/mol. The SMILES string of the molecule is CC(C)(F)[C@@](I)(c1cc(F)cc(C#N)c1)C1CN([C@@H](c2ccc(C#N)cc2)c2cccc(-c3ncon3)c2)C1I. The number of halogens is 4.